The van der Waals surface area contributed by atoms with Crippen LogP contribution in [0.3, 0.4) is 0 Å². The summed E-state index contributed by atoms with van der Waals surface area (Å²) in [5.41, 5.74) is 0. The Balaban J connectivity index is 0.00000341. The molecular formula is C22H41IN6O2. The van der Waals surface area contributed by atoms with Gasteiger partial charge in [-0.3, -0.25) is 14.5 Å². The van der Waals surface area contributed by atoms with E-state index in [0.29, 0.717) is 18.6 Å². The Bertz CT molecular complexity index is 621. The summed E-state index contributed by atoms with van der Waals surface area (Å²) < 4.78 is 0. The first-order valence-electron chi connectivity index (χ1n) is 11.7. The molecule has 2 amide bonds. The summed E-state index contributed by atoms with van der Waals surface area (Å²) in [7, 11) is 3.53. The molecular weight excluding hydrogens is 507 g/mol. The van der Waals surface area contributed by atoms with Crippen LogP contribution in [-0.2, 0) is 9.59 Å². The zero-order valence-corrected chi connectivity index (χ0v) is 21.7. The summed E-state index contributed by atoms with van der Waals surface area (Å²) >= 11 is 0. The first-order chi connectivity index (χ1) is 14.4. The maximum absolute atomic E-state index is 12.0. The van der Waals surface area contributed by atoms with E-state index in [1.54, 1.807) is 19.0 Å². The highest BCUT2D eigenvalue weighted by Crippen LogP contribution is 2.44. The third-order valence-corrected chi connectivity index (χ3v) is 6.80. The summed E-state index contributed by atoms with van der Waals surface area (Å²) in [6.45, 7) is 5.25. The number of rotatable bonds is 8. The summed E-state index contributed by atoms with van der Waals surface area (Å²) in [6, 6.07) is 0.797. The Morgan fingerprint density at radius 3 is 2.39 bits per heavy atom. The molecule has 2 saturated carbocycles. The molecule has 0 spiro atoms. The lowest BCUT2D eigenvalue weighted by Gasteiger charge is -2.34. The monoisotopic (exact) mass is 548 g/mol. The average molecular weight is 549 g/mol. The molecule has 31 heavy (non-hydrogen) atoms. The van der Waals surface area contributed by atoms with Crippen LogP contribution in [0.5, 0.6) is 0 Å². The van der Waals surface area contributed by atoms with Crippen molar-refractivity contribution in [2.24, 2.45) is 16.8 Å². The summed E-state index contributed by atoms with van der Waals surface area (Å²) in [6.07, 6.45) is 8.14. The Hall–Kier alpha value is -1.10. The van der Waals surface area contributed by atoms with Gasteiger partial charge >= 0.3 is 0 Å². The molecule has 1 aliphatic heterocycles. The average Bonchev–Trinajstić information content (AvgIpc) is 3.34. The Morgan fingerprint density at radius 1 is 1.06 bits per heavy atom. The van der Waals surface area contributed by atoms with Crippen LogP contribution in [0.1, 0.15) is 51.9 Å². The van der Waals surface area contributed by atoms with Crippen LogP contribution in [-0.4, -0.2) is 86.5 Å². The van der Waals surface area contributed by atoms with Gasteiger partial charge in [-0.1, -0.05) is 13.3 Å². The van der Waals surface area contributed by atoms with Crippen LogP contribution >= 0.6 is 24.0 Å². The molecule has 0 aromatic rings. The summed E-state index contributed by atoms with van der Waals surface area (Å²) in [4.78, 5) is 32.4. The van der Waals surface area contributed by atoms with Crippen molar-refractivity contribution in [2.75, 3.05) is 46.8 Å². The van der Waals surface area contributed by atoms with Crippen LogP contribution in [0.4, 0.5) is 0 Å². The zero-order valence-electron chi connectivity index (χ0n) is 19.4. The topological polar surface area (TPSA) is 89.1 Å². The van der Waals surface area contributed by atoms with E-state index in [4.69, 9.17) is 0 Å². The second-order valence-electron chi connectivity index (χ2n) is 9.42. The van der Waals surface area contributed by atoms with Gasteiger partial charge in [-0.05, 0) is 50.4 Å². The third-order valence-electron chi connectivity index (χ3n) is 6.80. The van der Waals surface area contributed by atoms with Gasteiger partial charge in [0.15, 0.2) is 5.96 Å². The van der Waals surface area contributed by atoms with Gasteiger partial charge in [0.25, 0.3) is 0 Å². The summed E-state index contributed by atoms with van der Waals surface area (Å²) in [5, 5.41) is 10.2. The predicted octanol–water partition coefficient (Wildman–Crippen LogP) is 1.41. The lowest BCUT2D eigenvalue weighted by Crippen LogP contribution is -2.52. The van der Waals surface area contributed by atoms with E-state index < -0.39 is 0 Å². The van der Waals surface area contributed by atoms with Crippen LogP contribution < -0.4 is 16.0 Å². The SMILES string of the molecule is CCCNC(=O)CN1CCC(NC(=NCC(=O)N(C)C)NC2CC3CCC2C3)CC1.I. The van der Waals surface area contributed by atoms with E-state index in [0.717, 1.165) is 56.7 Å². The molecule has 3 N–H and O–H groups in total. The van der Waals surface area contributed by atoms with Gasteiger partial charge in [-0.15, -0.1) is 24.0 Å². The van der Waals surface area contributed by atoms with Gasteiger partial charge in [0, 0.05) is 45.8 Å². The van der Waals surface area contributed by atoms with Crippen molar-refractivity contribution in [2.45, 2.75) is 64.0 Å². The third kappa shape index (κ3) is 8.07. The van der Waals surface area contributed by atoms with Crippen LogP contribution in [0.2, 0.25) is 0 Å². The number of carbonyl (C=O) groups is 2. The van der Waals surface area contributed by atoms with Crippen molar-refractivity contribution in [1.29, 1.82) is 0 Å². The second kappa shape index (κ2) is 12.8. The fourth-order valence-corrected chi connectivity index (χ4v) is 4.97. The summed E-state index contributed by atoms with van der Waals surface area (Å²) in [5.74, 6) is 2.51. The van der Waals surface area contributed by atoms with Gasteiger partial charge < -0.3 is 20.9 Å². The minimum atomic E-state index is 0. The minimum Gasteiger partial charge on any atom is -0.355 e. The molecule has 3 aliphatic rings. The van der Waals surface area contributed by atoms with E-state index in [1.807, 2.05) is 0 Å². The molecule has 0 aromatic heterocycles. The van der Waals surface area contributed by atoms with Crippen molar-refractivity contribution in [3.05, 3.63) is 0 Å². The molecule has 178 valence electrons. The van der Waals surface area contributed by atoms with Crippen LogP contribution in [0, 0.1) is 11.8 Å². The first-order valence-corrected chi connectivity index (χ1v) is 11.7. The van der Waals surface area contributed by atoms with Gasteiger partial charge in [0.05, 0.1) is 6.54 Å². The number of carbonyl (C=O) groups excluding carboxylic acids is 2. The number of guanidine groups is 1. The van der Waals surface area contributed by atoms with E-state index in [1.165, 1.54) is 25.7 Å². The lowest BCUT2D eigenvalue weighted by atomic mass is 9.95. The largest absolute Gasteiger partial charge is 0.355 e. The fraction of sp³-hybridized carbons (Fsp3) is 0.864. The molecule has 2 bridgehead atoms. The van der Waals surface area contributed by atoms with E-state index in [-0.39, 0.29) is 42.3 Å². The molecule has 2 aliphatic carbocycles. The highest BCUT2D eigenvalue weighted by atomic mass is 127. The number of halogens is 1. The van der Waals surface area contributed by atoms with E-state index in [2.05, 4.69) is 32.8 Å². The smallest absolute Gasteiger partial charge is 0.243 e. The molecule has 8 nitrogen and oxygen atoms in total. The highest BCUT2D eigenvalue weighted by molar-refractivity contribution is 14.0. The van der Waals surface area contributed by atoms with Gasteiger partial charge in [0.1, 0.15) is 6.54 Å². The van der Waals surface area contributed by atoms with Gasteiger partial charge in [-0.2, -0.15) is 0 Å². The number of likely N-dealkylation sites (N-methyl/N-ethyl adjacent to an activating group) is 1. The molecule has 3 atom stereocenters. The van der Waals surface area contributed by atoms with Crippen molar-refractivity contribution in [1.82, 2.24) is 25.8 Å². The molecule has 3 fully saturated rings. The van der Waals surface area contributed by atoms with E-state index in [9.17, 15) is 9.59 Å². The molecule has 1 saturated heterocycles. The Morgan fingerprint density at radius 2 is 1.81 bits per heavy atom. The molecule has 3 unspecified atom stereocenters. The number of likely N-dealkylation sites (tertiary alicyclic amines) is 1. The quantitative estimate of drug-likeness (QED) is 0.243. The minimum absolute atomic E-state index is 0. The van der Waals surface area contributed by atoms with Crippen molar-refractivity contribution in [3.63, 3.8) is 0 Å². The van der Waals surface area contributed by atoms with Gasteiger partial charge in [-0.25, -0.2) is 4.99 Å². The normalized spacial score (nSPS) is 26.3. The fourth-order valence-electron chi connectivity index (χ4n) is 4.97. The molecule has 0 aromatic carbocycles. The number of hydrogen-bond acceptors (Lipinski definition) is 4. The molecule has 9 heteroatoms. The maximum atomic E-state index is 12.0. The lowest BCUT2D eigenvalue weighted by molar-refractivity contribution is -0.127. The van der Waals surface area contributed by atoms with Crippen molar-refractivity contribution >= 4 is 41.8 Å². The molecule has 1 heterocycles. The maximum Gasteiger partial charge on any atom is 0.243 e. The van der Waals surface area contributed by atoms with Crippen molar-refractivity contribution in [3.8, 4) is 0 Å². The Kier molecular flexibility index (Phi) is 10.8. The van der Waals surface area contributed by atoms with Crippen molar-refractivity contribution < 1.29 is 9.59 Å². The molecule has 3 rings (SSSR count). The molecule has 0 radical (unpaired) electrons. The van der Waals surface area contributed by atoms with E-state index >= 15 is 0 Å². The second-order valence-corrected chi connectivity index (χ2v) is 9.42. The Labute approximate surface area is 204 Å². The van der Waals surface area contributed by atoms with Gasteiger partial charge in [0.2, 0.25) is 11.8 Å². The van der Waals surface area contributed by atoms with Crippen LogP contribution in [0.25, 0.3) is 0 Å². The number of fused-ring (bicyclic) bond motifs is 2. The first kappa shape index (κ1) is 26.2. The zero-order chi connectivity index (χ0) is 21.5. The number of hydrogen-bond donors (Lipinski definition) is 3. The standard InChI is InChI=1S/C22H40N6O2.HI/c1-4-9-23-20(29)15-28-10-7-18(8-11-28)25-22(24-14-21(30)27(2)3)26-19-13-16-5-6-17(19)12-16;/h16-19H,4-15H2,1-3H3,(H,23,29)(H2,24,25,26);1H. The number of amides is 2. The number of nitrogens with zero attached hydrogens (tertiary/aromatic N) is 3. The highest BCUT2D eigenvalue weighted by Gasteiger charge is 2.40. The number of nitrogens with one attached hydrogen (secondary N) is 3. The number of piperidine rings is 1. The predicted molar refractivity (Wildman–Crippen MR) is 135 cm³/mol. The number of aliphatic imine (C=N–C) groups is 1. The van der Waals surface area contributed by atoms with Crippen LogP contribution in [0.15, 0.2) is 4.99 Å².